The first-order valence-electron chi connectivity index (χ1n) is 7.64. The van der Waals surface area contributed by atoms with E-state index < -0.39 is 0 Å². The van der Waals surface area contributed by atoms with E-state index in [-0.39, 0.29) is 0 Å². The molecule has 1 heterocycles. The fourth-order valence-corrected chi connectivity index (χ4v) is 3.46. The summed E-state index contributed by atoms with van der Waals surface area (Å²) in [6.45, 7) is 2.04. The third-order valence-electron chi connectivity index (χ3n) is 4.89. The van der Waals surface area contributed by atoms with Gasteiger partial charge in [-0.3, -0.25) is 0 Å². The molecule has 1 aromatic heterocycles. The van der Waals surface area contributed by atoms with Crippen molar-refractivity contribution < 1.29 is 0 Å². The van der Waals surface area contributed by atoms with Crippen molar-refractivity contribution in [3.63, 3.8) is 0 Å². The second kappa shape index (κ2) is 5.58. The summed E-state index contributed by atoms with van der Waals surface area (Å²) in [4.78, 5) is 5.70. The minimum Gasteiger partial charge on any atom is -0.361 e. The molecule has 0 atom stereocenters. The second-order valence-electron chi connectivity index (χ2n) is 6.33. The predicted molar refractivity (Wildman–Crippen MR) is 84.9 cm³/mol. The minimum absolute atomic E-state index is 0.372. The smallest absolute Gasteiger partial charge is 0.0457 e. The Hall–Kier alpha value is -1.32. The molecule has 0 bridgehead atoms. The highest BCUT2D eigenvalue weighted by molar-refractivity contribution is 5.79. The summed E-state index contributed by atoms with van der Waals surface area (Å²) in [6, 6.07) is 8.78. The fourth-order valence-electron chi connectivity index (χ4n) is 3.46. The standard InChI is InChI=1S/C17H25N3/c1-20(2)17(8-3-4-9-17)13-18-12-14-5-6-15-7-10-19-16(15)11-14/h5-7,10-11,18-19H,3-4,8-9,12-13H2,1-2H3. The van der Waals surface area contributed by atoms with Gasteiger partial charge in [0.1, 0.15) is 0 Å². The Morgan fingerprint density at radius 1 is 1.20 bits per heavy atom. The molecule has 1 aliphatic carbocycles. The molecule has 0 unspecified atom stereocenters. The first kappa shape index (κ1) is 13.7. The van der Waals surface area contributed by atoms with Crippen molar-refractivity contribution in [3.05, 3.63) is 36.0 Å². The highest BCUT2D eigenvalue weighted by atomic mass is 15.2. The van der Waals surface area contributed by atoms with Crippen LogP contribution in [0.3, 0.4) is 0 Å². The number of nitrogens with one attached hydrogen (secondary N) is 2. The van der Waals surface area contributed by atoms with Crippen molar-refractivity contribution in [2.75, 3.05) is 20.6 Å². The van der Waals surface area contributed by atoms with E-state index in [0.29, 0.717) is 5.54 Å². The maximum atomic E-state index is 3.67. The van der Waals surface area contributed by atoms with Gasteiger partial charge in [-0.25, -0.2) is 0 Å². The number of likely N-dealkylation sites (N-methyl/N-ethyl adjacent to an activating group) is 1. The quantitative estimate of drug-likeness (QED) is 0.875. The fraction of sp³-hybridized carbons (Fsp3) is 0.529. The van der Waals surface area contributed by atoms with E-state index in [0.717, 1.165) is 13.1 Å². The number of aromatic nitrogens is 1. The predicted octanol–water partition coefficient (Wildman–Crippen LogP) is 3.13. The summed E-state index contributed by atoms with van der Waals surface area (Å²) in [5.41, 5.74) is 2.95. The summed E-state index contributed by atoms with van der Waals surface area (Å²) < 4.78 is 0. The van der Waals surface area contributed by atoms with E-state index in [2.05, 4.69) is 53.6 Å². The Bertz CT molecular complexity index is 564. The van der Waals surface area contributed by atoms with E-state index >= 15 is 0 Å². The molecule has 1 aromatic carbocycles. The molecule has 3 rings (SSSR count). The molecule has 1 fully saturated rings. The van der Waals surface area contributed by atoms with E-state index in [9.17, 15) is 0 Å². The number of fused-ring (bicyclic) bond motifs is 1. The maximum Gasteiger partial charge on any atom is 0.0457 e. The normalized spacial score (nSPS) is 18.1. The maximum absolute atomic E-state index is 3.67. The molecule has 20 heavy (non-hydrogen) atoms. The molecule has 0 spiro atoms. The summed E-state index contributed by atoms with van der Waals surface area (Å²) in [6.07, 6.45) is 7.38. The van der Waals surface area contributed by atoms with E-state index in [1.54, 1.807) is 0 Å². The first-order chi connectivity index (χ1) is 9.70. The Kier molecular flexibility index (Phi) is 3.81. The Morgan fingerprint density at radius 3 is 2.75 bits per heavy atom. The zero-order chi connectivity index (χ0) is 14.0. The topological polar surface area (TPSA) is 31.1 Å². The number of rotatable bonds is 5. The van der Waals surface area contributed by atoms with E-state index in [1.807, 2.05) is 6.20 Å². The molecule has 3 nitrogen and oxygen atoms in total. The third-order valence-corrected chi connectivity index (χ3v) is 4.89. The second-order valence-corrected chi connectivity index (χ2v) is 6.33. The van der Waals surface area contributed by atoms with Gasteiger partial charge in [-0.05, 0) is 50.0 Å². The molecule has 1 saturated carbocycles. The van der Waals surface area contributed by atoms with Crippen molar-refractivity contribution >= 4 is 10.9 Å². The number of aromatic amines is 1. The molecular weight excluding hydrogens is 246 g/mol. The van der Waals surface area contributed by atoms with Crippen molar-refractivity contribution in [1.29, 1.82) is 0 Å². The van der Waals surface area contributed by atoms with Gasteiger partial charge in [-0.2, -0.15) is 0 Å². The summed E-state index contributed by atoms with van der Waals surface area (Å²) in [5.74, 6) is 0. The van der Waals surface area contributed by atoms with Crippen molar-refractivity contribution in [3.8, 4) is 0 Å². The van der Waals surface area contributed by atoms with E-state index in [4.69, 9.17) is 0 Å². The van der Waals surface area contributed by atoms with Crippen LogP contribution in [0.2, 0.25) is 0 Å². The van der Waals surface area contributed by atoms with Crippen LogP contribution in [0.4, 0.5) is 0 Å². The highest BCUT2D eigenvalue weighted by Crippen LogP contribution is 2.33. The van der Waals surface area contributed by atoms with Gasteiger partial charge in [0.2, 0.25) is 0 Å². The lowest BCUT2D eigenvalue weighted by Crippen LogP contribution is -2.49. The van der Waals surface area contributed by atoms with Crippen LogP contribution in [-0.4, -0.2) is 36.1 Å². The van der Waals surface area contributed by atoms with Crippen LogP contribution in [0, 0.1) is 0 Å². The molecular formula is C17H25N3. The number of nitrogens with zero attached hydrogens (tertiary/aromatic N) is 1. The Labute approximate surface area is 121 Å². The molecule has 108 valence electrons. The lowest BCUT2D eigenvalue weighted by molar-refractivity contribution is 0.153. The van der Waals surface area contributed by atoms with Crippen LogP contribution < -0.4 is 5.32 Å². The molecule has 0 saturated heterocycles. The van der Waals surface area contributed by atoms with Crippen LogP contribution in [0.5, 0.6) is 0 Å². The largest absolute Gasteiger partial charge is 0.361 e. The molecule has 0 radical (unpaired) electrons. The minimum atomic E-state index is 0.372. The molecule has 3 heteroatoms. The van der Waals surface area contributed by atoms with Gasteiger partial charge in [-0.1, -0.05) is 25.0 Å². The summed E-state index contributed by atoms with van der Waals surface area (Å²) in [5, 5.41) is 4.95. The average Bonchev–Trinajstić information content (AvgIpc) is 3.07. The Balaban J connectivity index is 1.61. The van der Waals surface area contributed by atoms with Crippen LogP contribution in [0.25, 0.3) is 10.9 Å². The third kappa shape index (κ3) is 2.60. The number of benzene rings is 1. The van der Waals surface area contributed by atoms with Crippen molar-refractivity contribution in [1.82, 2.24) is 15.2 Å². The Morgan fingerprint density at radius 2 is 2.00 bits per heavy atom. The van der Waals surface area contributed by atoms with Gasteiger partial charge in [0.25, 0.3) is 0 Å². The number of hydrogen-bond donors (Lipinski definition) is 2. The molecule has 1 aliphatic rings. The van der Waals surface area contributed by atoms with Gasteiger partial charge in [-0.15, -0.1) is 0 Å². The lowest BCUT2D eigenvalue weighted by atomic mass is 9.96. The zero-order valence-electron chi connectivity index (χ0n) is 12.6. The van der Waals surface area contributed by atoms with Gasteiger partial charge < -0.3 is 15.2 Å². The molecule has 0 aliphatic heterocycles. The monoisotopic (exact) mass is 271 g/mol. The highest BCUT2D eigenvalue weighted by Gasteiger charge is 2.35. The number of hydrogen-bond acceptors (Lipinski definition) is 2. The van der Waals surface area contributed by atoms with Gasteiger partial charge in [0.15, 0.2) is 0 Å². The number of H-pyrrole nitrogens is 1. The molecule has 2 N–H and O–H groups in total. The first-order valence-corrected chi connectivity index (χ1v) is 7.64. The van der Waals surface area contributed by atoms with Crippen molar-refractivity contribution in [2.45, 2.75) is 37.8 Å². The van der Waals surface area contributed by atoms with Gasteiger partial charge >= 0.3 is 0 Å². The average molecular weight is 271 g/mol. The van der Waals surface area contributed by atoms with Crippen LogP contribution in [-0.2, 0) is 6.54 Å². The summed E-state index contributed by atoms with van der Waals surface area (Å²) >= 11 is 0. The lowest BCUT2D eigenvalue weighted by Gasteiger charge is -2.36. The van der Waals surface area contributed by atoms with Crippen molar-refractivity contribution in [2.24, 2.45) is 0 Å². The van der Waals surface area contributed by atoms with E-state index in [1.165, 1.54) is 42.1 Å². The van der Waals surface area contributed by atoms with Gasteiger partial charge in [0.05, 0.1) is 0 Å². The van der Waals surface area contributed by atoms with Crippen LogP contribution >= 0.6 is 0 Å². The zero-order valence-corrected chi connectivity index (χ0v) is 12.6. The molecule has 2 aromatic rings. The SMILES string of the molecule is CN(C)C1(CNCc2ccc3cc[nH]c3c2)CCCC1. The van der Waals surface area contributed by atoms with Gasteiger partial charge in [0, 0.05) is 30.3 Å². The summed E-state index contributed by atoms with van der Waals surface area (Å²) in [7, 11) is 4.44. The molecule has 0 amide bonds. The van der Waals surface area contributed by atoms with Crippen LogP contribution in [0.15, 0.2) is 30.5 Å². The van der Waals surface area contributed by atoms with Crippen LogP contribution in [0.1, 0.15) is 31.2 Å².